The predicted molar refractivity (Wildman–Crippen MR) is 76.4 cm³/mol. The maximum absolute atomic E-state index is 9.20. The number of hydrogen-bond acceptors (Lipinski definition) is 2. The summed E-state index contributed by atoms with van der Waals surface area (Å²) in [4.78, 5) is 0. The van der Waals surface area contributed by atoms with E-state index in [0.717, 1.165) is 12.2 Å². The summed E-state index contributed by atoms with van der Waals surface area (Å²) in [6.07, 6.45) is 0.821. The van der Waals surface area contributed by atoms with Gasteiger partial charge < -0.3 is 9.84 Å². The summed E-state index contributed by atoms with van der Waals surface area (Å²) in [6.45, 7) is 9.02. The first-order valence-corrected chi connectivity index (χ1v) is 6.79. The van der Waals surface area contributed by atoms with E-state index in [1.165, 1.54) is 11.1 Å². The lowest BCUT2D eigenvalue weighted by Crippen LogP contribution is -2.10. The molecule has 0 saturated carbocycles. The lowest BCUT2D eigenvalue weighted by Gasteiger charge is -2.22. The molecule has 0 radical (unpaired) electrons. The van der Waals surface area contributed by atoms with E-state index in [2.05, 4.69) is 45.9 Å². The molecule has 0 aromatic heterocycles. The van der Waals surface area contributed by atoms with Gasteiger partial charge in [-0.25, -0.2) is 0 Å². The molecule has 0 heterocycles. The molecule has 0 bridgehead atoms. The number of aliphatic hydroxyl groups excluding tert-OH is 1. The third-order valence-electron chi connectivity index (χ3n) is 3.55. The number of hydrogen-bond donors (Lipinski definition) is 1. The monoisotopic (exact) mass is 250 g/mol. The standard InChI is InChI=1S/C16H26O2/c1-11(2)14(8-9-17)13-6-7-16(18-5)15(10-13)12(3)4/h6-7,10-12,14,17H,8-9H2,1-5H3. The Morgan fingerprint density at radius 1 is 1.17 bits per heavy atom. The lowest BCUT2D eigenvalue weighted by atomic mass is 9.84. The normalized spacial score (nSPS) is 13.1. The molecule has 0 fully saturated rings. The molecule has 0 aliphatic heterocycles. The number of methoxy groups -OCH3 is 1. The van der Waals surface area contributed by atoms with Crippen molar-refractivity contribution in [3.8, 4) is 5.75 Å². The van der Waals surface area contributed by atoms with E-state index in [1.54, 1.807) is 7.11 Å². The molecule has 1 unspecified atom stereocenters. The second-order valence-corrected chi connectivity index (χ2v) is 5.52. The van der Waals surface area contributed by atoms with Crippen molar-refractivity contribution >= 4 is 0 Å². The highest BCUT2D eigenvalue weighted by Gasteiger charge is 2.17. The zero-order chi connectivity index (χ0) is 13.7. The lowest BCUT2D eigenvalue weighted by molar-refractivity contribution is 0.261. The first kappa shape index (κ1) is 15.0. The first-order valence-electron chi connectivity index (χ1n) is 6.79. The van der Waals surface area contributed by atoms with Crippen molar-refractivity contribution in [3.05, 3.63) is 29.3 Å². The Labute approximate surface area is 111 Å². The van der Waals surface area contributed by atoms with Gasteiger partial charge >= 0.3 is 0 Å². The average Bonchev–Trinajstić information content (AvgIpc) is 2.34. The summed E-state index contributed by atoms with van der Waals surface area (Å²) >= 11 is 0. The highest BCUT2D eigenvalue weighted by molar-refractivity contribution is 5.40. The van der Waals surface area contributed by atoms with Gasteiger partial charge in [0, 0.05) is 6.61 Å². The predicted octanol–water partition coefficient (Wildman–Crippen LogP) is 3.94. The summed E-state index contributed by atoms with van der Waals surface area (Å²) in [6, 6.07) is 6.42. The molecule has 0 aliphatic carbocycles. The topological polar surface area (TPSA) is 29.5 Å². The van der Waals surface area contributed by atoms with Gasteiger partial charge in [0.25, 0.3) is 0 Å². The van der Waals surface area contributed by atoms with Gasteiger partial charge in [-0.3, -0.25) is 0 Å². The molecular weight excluding hydrogens is 224 g/mol. The second-order valence-electron chi connectivity index (χ2n) is 5.52. The van der Waals surface area contributed by atoms with E-state index in [9.17, 15) is 5.11 Å². The van der Waals surface area contributed by atoms with Crippen LogP contribution in [0.3, 0.4) is 0 Å². The van der Waals surface area contributed by atoms with Gasteiger partial charge in [-0.2, -0.15) is 0 Å². The van der Waals surface area contributed by atoms with Crippen LogP contribution in [0.25, 0.3) is 0 Å². The summed E-state index contributed by atoms with van der Waals surface area (Å²) in [5.74, 6) is 2.35. The fourth-order valence-electron chi connectivity index (χ4n) is 2.46. The van der Waals surface area contributed by atoms with Crippen molar-refractivity contribution in [1.82, 2.24) is 0 Å². The third-order valence-corrected chi connectivity index (χ3v) is 3.55. The summed E-state index contributed by atoms with van der Waals surface area (Å²) < 4.78 is 5.41. The van der Waals surface area contributed by atoms with E-state index >= 15 is 0 Å². The van der Waals surface area contributed by atoms with Gasteiger partial charge in [0.1, 0.15) is 5.75 Å². The van der Waals surface area contributed by atoms with Crippen molar-refractivity contribution in [2.75, 3.05) is 13.7 Å². The Morgan fingerprint density at radius 2 is 1.83 bits per heavy atom. The molecule has 2 nitrogen and oxygen atoms in total. The molecule has 1 atom stereocenters. The molecule has 0 spiro atoms. The van der Waals surface area contributed by atoms with Crippen LogP contribution in [0.1, 0.15) is 57.1 Å². The molecular formula is C16H26O2. The molecule has 2 heteroatoms. The number of benzene rings is 1. The molecule has 1 aromatic rings. The van der Waals surface area contributed by atoms with Crippen LogP contribution in [0, 0.1) is 5.92 Å². The van der Waals surface area contributed by atoms with Gasteiger partial charge in [0.2, 0.25) is 0 Å². The van der Waals surface area contributed by atoms with Crippen LogP contribution in [0.5, 0.6) is 5.75 Å². The Bertz CT molecular complexity index is 369. The molecule has 18 heavy (non-hydrogen) atoms. The zero-order valence-corrected chi connectivity index (χ0v) is 12.2. The Balaban J connectivity index is 3.12. The average molecular weight is 250 g/mol. The van der Waals surface area contributed by atoms with Crippen molar-refractivity contribution in [2.24, 2.45) is 5.92 Å². The van der Waals surface area contributed by atoms with Gasteiger partial charge in [-0.15, -0.1) is 0 Å². The fraction of sp³-hybridized carbons (Fsp3) is 0.625. The van der Waals surface area contributed by atoms with Crippen LogP contribution in [0.2, 0.25) is 0 Å². The number of aliphatic hydroxyl groups is 1. The van der Waals surface area contributed by atoms with Gasteiger partial charge in [-0.1, -0.05) is 39.8 Å². The molecule has 0 aliphatic rings. The van der Waals surface area contributed by atoms with Crippen LogP contribution in [-0.2, 0) is 0 Å². The SMILES string of the molecule is COc1ccc(C(CCO)C(C)C)cc1C(C)C. The van der Waals surface area contributed by atoms with Crippen LogP contribution in [0.15, 0.2) is 18.2 Å². The van der Waals surface area contributed by atoms with E-state index in [-0.39, 0.29) is 6.61 Å². The minimum Gasteiger partial charge on any atom is -0.496 e. The van der Waals surface area contributed by atoms with Crippen molar-refractivity contribution < 1.29 is 9.84 Å². The molecule has 0 amide bonds. The third kappa shape index (κ3) is 3.49. The van der Waals surface area contributed by atoms with Crippen LogP contribution in [0.4, 0.5) is 0 Å². The van der Waals surface area contributed by atoms with Crippen LogP contribution < -0.4 is 4.74 Å². The summed E-state index contributed by atoms with van der Waals surface area (Å²) in [5, 5.41) is 9.20. The number of ether oxygens (including phenoxy) is 1. The Hall–Kier alpha value is -1.02. The second kappa shape index (κ2) is 6.79. The fourth-order valence-corrected chi connectivity index (χ4v) is 2.46. The minimum atomic E-state index is 0.242. The highest BCUT2D eigenvalue weighted by atomic mass is 16.5. The zero-order valence-electron chi connectivity index (χ0n) is 12.2. The van der Waals surface area contributed by atoms with E-state index in [1.807, 2.05) is 0 Å². The largest absolute Gasteiger partial charge is 0.496 e. The molecule has 0 saturated heterocycles. The van der Waals surface area contributed by atoms with E-state index < -0.39 is 0 Å². The Kier molecular flexibility index (Phi) is 5.67. The smallest absolute Gasteiger partial charge is 0.122 e. The van der Waals surface area contributed by atoms with Gasteiger partial charge in [-0.05, 0) is 41.4 Å². The molecule has 1 rings (SSSR count). The number of rotatable bonds is 6. The quantitative estimate of drug-likeness (QED) is 0.828. The van der Waals surface area contributed by atoms with Crippen LogP contribution in [-0.4, -0.2) is 18.8 Å². The van der Waals surface area contributed by atoms with Crippen molar-refractivity contribution in [3.63, 3.8) is 0 Å². The van der Waals surface area contributed by atoms with E-state index in [4.69, 9.17) is 4.74 Å². The van der Waals surface area contributed by atoms with Gasteiger partial charge in [0.05, 0.1) is 7.11 Å². The highest BCUT2D eigenvalue weighted by Crippen LogP contribution is 2.34. The summed E-state index contributed by atoms with van der Waals surface area (Å²) in [5.41, 5.74) is 2.56. The van der Waals surface area contributed by atoms with Gasteiger partial charge in [0.15, 0.2) is 0 Å². The van der Waals surface area contributed by atoms with Crippen molar-refractivity contribution in [1.29, 1.82) is 0 Å². The Morgan fingerprint density at radius 3 is 2.28 bits per heavy atom. The minimum absolute atomic E-state index is 0.242. The molecule has 102 valence electrons. The summed E-state index contributed by atoms with van der Waals surface area (Å²) in [7, 11) is 1.72. The van der Waals surface area contributed by atoms with Crippen LogP contribution >= 0.6 is 0 Å². The maximum Gasteiger partial charge on any atom is 0.122 e. The first-order chi connectivity index (χ1) is 8.51. The van der Waals surface area contributed by atoms with Crippen molar-refractivity contribution in [2.45, 2.75) is 46.0 Å². The molecule has 1 N–H and O–H groups in total. The van der Waals surface area contributed by atoms with E-state index in [0.29, 0.717) is 17.8 Å². The molecule has 1 aromatic carbocycles. The maximum atomic E-state index is 9.20.